The van der Waals surface area contributed by atoms with Crippen LogP contribution in [-0.4, -0.2) is 48.7 Å². The summed E-state index contributed by atoms with van der Waals surface area (Å²) in [6.45, 7) is 1.68. The Labute approximate surface area is 120 Å². The van der Waals surface area contributed by atoms with E-state index < -0.39 is 22.3 Å². The molecule has 1 aliphatic rings. The van der Waals surface area contributed by atoms with Gasteiger partial charge in [-0.25, -0.2) is 4.79 Å². The number of carbonyl (C=O) groups is 2. The van der Waals surface area contributed by atoms with Gasteiger partial charge in [-0.3, -0.25) is 19.6 Å². The fraction of sp³-hybridized carbons (Fsp3) is 0.583. The van der Waals surface area contributed by atoms with Crippen molar-refractivity contribution in [2.24, 2.45) is 0 Å². The second-order valence-electron chi connectivity index (χ2n) is 5.23. The molecule has 0 aliphatic carbocycles. The number of nitro groups is 1. The van der Waals surface area contributed by atoms with Crippen molar-refractivity contribution >= 4 is 17.6 Å². The summed E-state index contributed by atoms with van der Waals surface area (Å²) in [5.41, 5.74) is -1.43. The molecule has 2 rings (SSSR count). The zero-order valence-corrected chi connectivity index (χ0v) is 11.6. The Morgan fingerprint density at radius 1 is 1.52 bits per heavy atom. The van der Waals surface area contributed by atoms with Gasteiger partial charge in [-0.15, -0.1) is 0 Å². The molecular formula is C12H16N4O5. The second-order valence-corrected chi connectivity index (χ2v) is 5.23. The van der Waals surface area contributed by atoms with E-state index in [0.717, 1.165) is 29.9 Å². The van der Waals surface area contributed by atoms with Gasteiger partial charge in [-0.05, 0) is 26.2 Å². The van der Waals surface area contributed by atoms with Crippen molar-refractivity contribution in [3.05, 3.63) is 22.5 Å². The van der Waals surface area contributed by atoms with Crippen LogP contribution in [0.3, 0.4) is 0 Å². The number of carbonyl (C=O) groups excluding carboxylic acids is 1. The smallest absolute Gasteiger partial charge is 0.329 e. The first-order valence-electron chi connectivity index (χ1n) is 6.55. The summed E-state index contributed by atoms with van der Waals surface area (Å²) in [5, 5.41) is 23.7. The van der Waals surface area contributed by atoms with Crippen LogP contribution in [-0.2, 0) is 16.1 Å². The summed E-state index contributed by atoms with van der Waals surface area (Å²) in [7, 11) is 0. The van der Waals surface area contributed by atoms with Crippen LogP contribution in [0, 0.1) is 10.1 Å². The molecule has 1 aromatic heterocycles. The molecule has 9 heteroatoms. The molecule has 1 N–H and O–H groups in total. The third kappa shape index (κ3) is 2.86. The van der Waals surface area contributed by atoms with Crippen LogP contribution < -0.4 is 0 Å². The van der Waals surface area contributed by atoms with Gasteiger partial charge >= 0.3 is 11.7 Å². The van der Waals surface area contributed by atoms with Gasteiger partial charge in [0, 0.05) is 6.54 Å². The lowest BCUT2D eigenvalue weighted by atomic mass is 9.88. The second kappa shape index (κ2) is 5.51. The van der Waals surface area contributed by atoms with Gasteiger partial charge in [0.15, 0.2) is 0 Å². The predicted octanol–water partition coefficient (Wildman–Crippen LogP) is 0.647. The van der Waals surface area contributed by atoms with Crippen molar-refractivity contribution in [1.82, 2.24) is 14.7 Å². The molecule has 0 spiro atoms. The molecule has 1 amide bonds. The third-order valence-corrected chi connectivity index (χ3v) is 3.78. The standard InChI is InChI=1S/C12H16N4O5/c1-12(11(18)19)4-2-3-5-15(12)10(17)8-14-7-9(6-13-14)16(20)21/h6-7H,2-5,8H2,1H3,(H,18,19). The Balaban J connectivity index is 2.14. The molecular weight excluding hydrogens is 280 g/mol. The van der Waals surface area contributed by atoms with Crippen LogP contribution in [0.1, 0.15) is 26.2 Å². The van der Waals surface area contributed by atoms with Crippen LogP contribution >= 0.6 is 0 Å². The highest BCUT2D eigenvalue weighted by atomic mass is 16.6. The van der Waals surface area contributed by atoms with E-state index in [1.807, 2.05) is 0 Å². The lowest BCUT2D eigenvalue weighted by Crippen LogP contribution is -2.58. The Bertz CT molecular complexity index is 584. The summed E-state index contributed by atoms with van der Waals surface area (Å²) in [5.74, 6) is -1.44. The van der Waals surface area contributed by atoms with Crippen molar-refractivity contribution in [2.45, 2.75) is 38.3 Å². The first-order valence-corrected chi connectivity index (χ1v) is 6.55. The average Bonchev–Trinajstić information content (AvgIpc) is 2.87. The largest absolute Gasteiger partial charge is 0.480 e. The van der Waals surface area contributed by atoms with E-state index in [4.69, 9.17) is 0 Å². The van der Waals surface area contributed by atoms with Gasteiger partial charge in [0.2, 0.25) is 5.91 Å². The van der Waals surface area contributed by atoms with Crippen LogP contribution in [0.4, 0.5) is 5.69 Å². The minimum atomic E-state index is -1.23. The fourth-order valence-electron chi connectivity index (χ4n) is 2.50. The Hall–Kier alpha value is -2.45. The molecule has 0 saturated carbocycles. The number of likely N-dealkylation sites (tertiary alicyclic amines) is 1. The average molecular weight is 296 g/mol. The highest BCUT2D eigenvalue weighted by Crippen LogP contribution is 2.28. The molecule has 1 saturated heterocycles. The number of carboxylic acid groups (broad SMARTS) is 1. The maximum Gasteiger partial charge on any atom is 0.329 e. The number of carboxylic acids is 1. The Morgan fingerprint density at radius 3 is 2.81 bits per heavy atom. The van der Waals surface area contributed by atoms with Crippen molar-refractivity contribution in [3.8, 4) is 0 Å². The molecule has 0 bridgehead atoms. The number of rotatable bonds is 4. The topological polar surface area (TPSA) is 119 Å². The van der Waals surface area contributed by atoms with E-state index in [9.17, 15) is 24.8 Å². The predicted molar refractivity (Wildman–Crippen MR) is 70.5 cm³/mol. The SMILES string of the molecule is CC1(C(=O)O)CCCCN1C(=O)Cn1cc([N+](=O)[O-])cn1. The Kier molecular flexibility index (Phi) is 3.92. The number of aromatic nitrogens is 2. The summed E-state index contributed by atoms with van der Waals surface area (Å²) < 4.78 is 1.15. The van der Waals surface area contributed by atoms with Gasteiger partial charge in [0.05, 0.1) is 4.92 Å². The minimum Gasteiger partial charge on any atom is -0.480 e. The monoisotopic (exact) mass is 296 g/mol. The number of hydrogen-bond donors (Lipinski definition) is 1. The quantitative estimate of drug-likeness (QED) is 0.643. The molecule has 1 unspecified atom stereocenters. The van der Waals surface area contributed by atoms with Crippen molar-refractivity contribution in [1.29, 1.82) is 0 Å². The molecule has 1 aliphatic heterocycles. The van der Waals surface area contributed by atoms with Crippen molar-refractivity contribution in [2.75, 3.05) is 6.54 Å². The van der Waals surface area contributed by atoms with Crippen LogP contribution in [0.5, 0.6) is 0 Å². The first-order chi connectivity index (χ1) is 9.84. The van der Waals surface area contributed by atoms with Gasteiger partial charge in [0.25, 0.3) is 0 Å². The fourth-order valence-corrected chi connectivity index (χ4v) is 2.50. The highest BCUT2D eigenvalue weighted by Gasteiger charge is 2.43. The van der Waals surface area contributed by atoms with Crippen LogP contribution in [0.15, 0.2) is 12.4 Å². The third-order valence-electron chi connectivity index (χ3n) is 3.78. The maximum absolute atomic E-state index is 12.3. The van der Waals surface area contributed by atoms with E-state index in [-0.39, 0.29) is 12.2 Å². The summed E-state index contributed by atoms with van der Waals surface area (Å²) in [6, 6.07) is 0. The zero-order chi connectivity index (χ0) is 15.6. The number of aliphatic carboxylic acids is 1. The molecule has 9 nitrogen and oxygen atoms in total. The number of hydrogen-bond acceptors (Lipinski definition) is 5. The maximum atomic E-state index is 12.3. The zero-order valence-electron chi connectivity index (χ0n) is 11.6. The molecule has 1 atom stereocenters. The molecule has 114 valence electrons. The van der Waals surface area contributed by atoms with Crippen LogP contribution in [0.25, 0.3) is 0 Å². The van der Waals surface area contributed by atoms with E-state index in [2.05, 4.69) is 5.10 Å². The molecule has 0 aromatic carbocycles. The van der Waals surface area contributed by atoms with E-state index in [1.54, 1.807) is 0 Å². The lowest BCUT2D eigenvalue weighted by Gasteiger charge is -2.41. The molecule has 1 aromatic rings. The van der Waals surface area contributed by atoms with E-state index >= 15 is 0 Å². The molecule has 21 heavy (non-hydrogen) atoms. The van der Waals surface area contributed by atoms with Gasteiger partial charge < -0.3 is 10.0 Å². The van der Waals surface area contributed by atoms with Gasteiger partial charge in [-0.2, -0.15) is 5.10 Å². The minimum absolute atomic E-state index is 0.206. The van der Waals surface area contributed by atoms with E-state index in [1.165, 1.54) is 11.8 Å². The summed E-state index contributed by atoms with van der Waals surface area (Å²) in [4.78, 5) is 35.0. The molecule has 1 fully saturated rings. The van der Waals surface area contributed by atoms with Gasteiger partial charge in [-0.1, -0.05) is 0 Å². The van der Waals surface area contributed by atoms with Gasteiger partial charge in [0.1, 0.15) is 24.5 Å². The lowest BCUT2D eigenvalue weighted by molar-refractivity contribution is -0.385. The van der Waals surface area contributed by atoms with Crippen molar-refractivity contribution < 1.29 is 19.6 Å². The van der Waals surface area contributed by atoms with Crippen molar-refractivity contribution in [3.63, 3.8) is 0 Å². The number of piperidine rings is 1. The number of amides is 1. The molecule has 2 heterocycles. The van der Waals surface area contributed by atoms with E-state index in [0.29, 0.717) is 13.0 Å². The summed E-state index contributed by atoms with van der Waals surface area (Å²) in [6.07, 6.45) is 4.10. The Morgan fingerprint density at radius 2 is 2.24 bits per heavy atom. The number of nitrogens with zero attached hydrogens (tertiary/aromatic N) is 4. The highest BCUT2D eigenvalue weighted by molar-refractivity contribution is 5.86. The normalized spacial score (nSPS) is 22.0. The first kappa shape index (κ1) is 14.9. The van der Waals surface area contributed by atoms with Crippen LogP contribution in [0.2, 0.25) is 0 Å². The molecule has 0 radical (unpaired) electrons. The summed E-state index contributed by atoms with van der Waals surface area (Å²) >= 11 is 0.